The molecule has 0 bridgehead atoms. The van der Waals surface area contributed by atoms with Gasteiger partial charge in [0.15, 0.2) is 0 Å². The normalized spacial score (nSPS) is 9.00. The van der Waals surface area contributed by atoms with E-state index < -0.39 is 0 Å². The minimum Gasteiger partial charge on any atom is -0.345 e. The predicted molar refractivity (Wildman–Crippen MR) is 64.4 cm³/mol. The summed E-state index contributed by atoms with van der Waals surface area (Å²) < 4.78 is 1.05. The van der Waals surface area contributed by atoms with E-state index in [-0.39, 0.29) is 5.91 Å². The van der Waals surface area contributed by atoms with Crippen LogP contribution in [-0.2, 0) is 4.79 Å². The number of aryl methyl sites for hydroxylation is 1. The van der Waals surface area contributed by atoms with E-state index in [1.54, 1.807) is 0 Å². The molecule has 0 heterocycles. The molecule has 0 spiro atoms. The summed E-state index contributed by atoms with van der Waals surface area (Å²) in [6.07, 6.45) is 0. The number of rotatable bonds is 1. The maximum Gasteiger partial charge on any atom is 0.217 e. The Morgan fingerprint density at radius 3 is 2.87 bits per heavy atom. The van der Waals surface area contributed by atoms with Gasteiger partial charge in [0.1, 0.15) is 0 Å². The van der Waals surface area contributed by atoms with Gasteiger partial charge in [0.2, 0.25) is 5.91 Å². The van der Waals surface area contributed by atoms with Crippen molar-refractivity contribution in [2.45, 2.75) is 13.8 Å². The largest absolute Gasteiger partial charge is 0.345 e. The van der Waals surface area contributed by atoms with Gasteiger partial charge in [-0.25, -0.2) is 0 Å². The lowest BCUT2D eigenvalue weighted by Gasteiger charge is -1.98. The highest BCUT2D eigenvalue weighted by molar-refractivity contribution is 9.10. The molecule has 15 heavy (non-hydrogen) atoms. The second-order valence-corrected chi connectivity index (χ2v) is 4.09. The molecule has 0 radical (unpaired) electrons. The van der Waals surface area contributed by atoms with Gasteiger partial charge in [0, 0.05) is 17.0 Å². The average molecular weight is 266 g/mol. The summed E-state index contributed by atoms with van der Waals surface area (Å²) >= 11 is 3.39. The highest BCUT2D eigenvalue weighted by Gasteiger charge is 1.94. The lowest BCUT2D eigenvalue weighted by atomic mass is 10.1. The topological polar surface area (TPSA) is 29.1 Å². The van der Waals surface area contributed by atoms with E-state index in [1.807, 2.05) is 25.1 Å². The van der Waals surface area contributed by atoms with Crippen molar-refractivity contribution in [3.8, 4) is 11.8 Å². The van der Waals surface area contributed by atoms with Crippen molar-refractivity contribution in [1.29, 1.82) is 0 Å². The van der Waals surface area contributed by atoms with E-state index in [9.17, 15) is 4.79 Å². The summed E-state index contributed by atoms with van der Waals surface area (Å²) in [6, 6.07) is 5.93. The summed E-state index contributed by atoms with van der Waals surface area (Å²) in [5.74, 6) is 5.85. The molecule has 78 valence electrons. The Bertz CT molecular complexity index is 429. The minimum atomic E-state index is -0.0585. The molecule has 0 aliphatic heterocycles. The fraction of sp³-hybridized carbons (Fsp3) is 0.250. The van der Waals surface area contributed by atoms with Crippen molar-refractivity contribution in [3.05, 3.63) is 33.8 Å². The predicted octanol–water partition coefficient (Wildman–Crippen LogP) is 2.25. The Morgan fingerprint density at radius 2 is 2.27 bits per heavy atom. The van der Waals surface area contributed by atoms with Gasteiger partial charge in [-0.15, -0.1) is 0 Å². The quantitative estimate of drug-likeness (QED) is 0.776. The molecule has 3 heteroatoms. The zero-order chi connectivity index (χ0) is 11.3. The SMILES string of the molecule is CC(=O)NCC#Cc1ccc(Br)cc1C. The first-order valence-electron chi connectivity index (χ1n) is 4.59. The number of nitrogens with one attached hydrogen (secondary N) is 1. The van der Waals surface area contributed by atoms with Crippen LogP contribution in [-0.4, -0.2) is 12.5 Å². The zero-order valence-electron chi connectivity index (χ0n) is 8.73. The summed E-state index contributed by atoms with van der Waals surface area (Å²) in [6.45, 7) is 3.88. The maximum atomic E-state index is 10.6. The summed E-state index contributed by atoms with van der Waals surface area (Å²) in [4.78, 5) is 10.6. The minimum absolute atomic E-state index is 0.0585. The summed E-state index contributed by atoms with van der Waals surface area (Å²) in [7, 11) is 0. The van der Waals surface area contributed by atoms with E-state index in [1.165, 1.54) is 6.92 Å². The first-order valence-corrected chi connectivity index (χ1v) is 5.38. The first-order chi connectivity index (χ1) is 7.09. The molecule has 0 aliphatic carbocycles. The number of benzene rings is 1. The maximum absolute atomic E-state index is 10.6. The van der Waals surface area contributed by atoms with Crippen molar-refractivity contribution in [2.75, 3.05) is 6.54 Å². The van der Waals surface area contributed by atoms with Crippen molar-refractivity contribution >= 4 is 21.8 Å². The molecule has 0 fully saturated rings. The number of halogens is 1. The monoisotopic (exact) mass is 265 g/mol. The van der Waals surface area contributed by atoms with Gasteiger partial charge in [-0.1, -0.05) is 27.8 Å². The zero-order valence-corrected chi connectivity index (χ0v) is 10.3. The Labute approximate surface area is 98.2 Å². The molecule has 0 unspecified atom stereocenters. The number of hydrogen-bond donors (Lipinski definition) is 1. The van der Waals surface area contributed by atoms with Crippen molar-refractivity contribution in [2.24, 2.45) is 0 Å². The van der Waals surface area contributed by atoms with Crippen molar-refractivity contribution in [3.63, 3.8) is 0 Å². The van der Waals surface area contributed by atoms with Gasteiger partial charge in [-0.2, -0.15) is 0 Å². The number of carbonyl (C=O) groups is 1. The molecule has 1 N–H and O–H groups in total. The van der Waals surface area contributed by atoms with Gasteiger partial charge < -0.3 is 5.32 Å². The molecule has 1 rings (SSSR count). The highest BCUT2D eigenvalue weighted by atomic mass is 79.9. The van der Waals surface area contributed by atoms with Gasteiger partial charge >= 0.3 is 0 Å². The van der Waals surface area contributed by atoms with Crippen LogP contribution in [0.2, 0.25) is 0 Å². The molecule has 1 amide bonds. The molecule has 0 saturated carbocycles. The third kappa shape index (κ3) is 4.18. The van der Waals surface area contributed by atoms with E-state index in [4.69, 9.17) is 0 Å². The molecular formula is C12H12BrNO. The van der Waals surface area contributed by atoms with E-state index in [2.05, 4.69) is 33.1 Å². The van der Waals surface area contributed by atoms with Crippen LogP contribution in [0, 0.1) is 18.8 Å². The average Bonchev–Trinajstić information content (AvgIpc) is 2.14. The number of carbonyl (C=O) groups excluding carboxylic acids is 1. The molecule has 0 atom stereocenters. The van der Waals surface area contributed by atoms with E-state index >= 15 is 0 Å². The van der Waals surface area contributed by atoms with E-state index in [0.717, 1.165) is 15.6 Å². The third-order valence-corrected chi connectivity index (χ3v) is 2.33. The molecule has 1 aromatic rings. The molecule has 1 aromatic carbocycles. The highest BCUT2D eigenvalue weighted by Crippen LogP contribution is 2.14. The lowest BCUT2D eigenvalue weighted by molar-refractivity contribution is -0.118. The van der Waals surface area contributed by atoms with Crippen LogP contribution < -0.4 is 5.32 Å². The molecule has 0 saturated heterocycles. The standard InChI is InChI=1S/C12H12BrNO/c1-9-8-12(13)6-5-11(9)4-3-7-14-10(2)15/h5-6,8H,7H2,1-2H3,(H,14,15). The molecular weight excluding hydrogens is 254 g/mol. The summed E-state index contributed by atoms with van der Waals surface area (Å²) in [5, 5.41) is 2.62. The molecule has 2 nitrogen and oxygen atoms in total. The second-order valence-electron chi connectivity index (χ2n) is 3.17. The Morgan fingerprint density at radius 1 is 1.53 bits per heavy atom. The molecule has 0 aliphatic rings. The van der Waals surface area contributed by atoms with Crippen molar-refractivity contribution in [1.82, 2.24) is 5.32 Å². The van der Waals surface area contributed by atoms with Crippen LogP contribution >= 0.6 is 15.9 Å². The number of hydrogen-bond acceptors (Lipinski definition) is 1. The third-order valence-electron chi connectivity index (χ3n) is 1.84. The van der Waals surface area contributed by atoms with E-state index in [0.29, 0.717) is 6.54 Å². The van der Waals surface area contributed by atoms with Crippen LogP contribution in [0.25, 0.3) is 0 Å². The first kappa shape index (κ1) is 11.8. The number of amides is 1. The Balaban J connectivity index is 2.67. The Hall–Kier alpha value is -1.27. The molecule has 0 aromatic heterocycles. The van der Waals surface area contributed by atoms with Crippen LogP contribution in [0.3, 0.4) is 0 Å². The smallest absolute Gasteiger partial charge is 0.217 e. The van der Waals surface area contributed by atoms with Crippen LogP contribution in [0.4, 0.5) is 0 Å². The van der Waals surface area contributed by atoms with Crippen LogP contribution in [0.1, 0.15) is 18.1 Å². The van der Waals surface area contributed by atoms with Gasteiger partial charge in [0.25, 0.3) is 0 Å². The van der Waals surface area contributed by atoms with Crippen LogP contribution in [0.5, 0.6) is 0 Å². The second kappa shape index (κ2) is 5.57. The van der Waals surface area contributed by atoms with Crippen molar-refractivity contribution < 1.29 is 4.79 Å². The Kier molecular flexibility index (Phi) is 4.38. The van der Waals surface area contributed by atoms with Gasteiger partial charge in [0.05, 0.1) is 6.54 Å². The fourth-order valence-electron chi connectivity index (χ4n) is 1.08. The van der Waals surface area contributed by atoms with Gasteiger partial charge in [-0.05, 0) is 30.7 Å². The fourth-order valence-corrected chi connectivity index (χ4v) is 1.55. The van der Waals surface area contributed by atoms with Crippen LogP contribution in [0.15, 0.2) is 22.7 Å². The van der Waals surface area contributed by atoms with Gasteiger partial charge in [-0.3, -0.25) is 4.79 Å². The summed E-state index contributed by atoms with van der Waals surface area (Å²) in [5.41, 5.74) is 2.11. The lowest BCUT2D eigenvalue weighted by Crippen LogP contribution is -2.19.